The number of allylic oxidation sites excluding steroid dienone is 1. The molecule has 0 N–H and O–H groups in total. The van der Waals surface area contributed by atoms with Gasteiger partial charge in [0.2, 0.25) is 0 Å². The van der Waals surface area contributed by atoms with Crippen LogP contribution in [0.2, 0.25) is 0 Å². The van der Waals surface area contributed by atoms with Crippen molar-refractivity contribution in [3.8, 4) is 11.4 Å². The molecule has 25 heavy (non-hydrogen) atoms. The number of hydrogen-bond acceptors (Lipinski definition) is 3. The van der Waals surface area contributed by atoms with Crippen molar-refractivity contribution in [1.82, 2.24) is 9.55 Å². The van der Waals surface area contributed by atoms with E-state index in [0.29, 0.717) is 0 Å². The third-order valence-corrected chi connectivity index (χ3v) is 4.55. The highest BCUT2D eigenvalue weighted by Gasteiger charge is 2.22. The minimum absolute atomic E-state index is 0.0961. The highest BCUT2D eigenvalue weighted by Crippen LogP contribution is 2.29. The van der Waals surface area contributed by atoms with E-state index in [4.69, 9.17) is 4.74 Å². The molecule has 0 atom stereocenters. The maximum Gasteiger partial charge on any atom is 0.189 e. The third-order valence-electron chi connectivity index (χ3n) is 4.55. The number of aromatic nitrogens is 2. The van der Waals surface area contributed by atoms with Crippen LogP contribution >= 0.6 is 0 Å². The molecule has 4 nitrogen and oxygen atoms in total. The number of fused-ring (bicyclic) bond motifs is 1. The van der Waals surface area contributed by atoms with Gasteiger partial charge in [-0.05, 0) is 54.3 Å². The summed E-state index contributed by atoms with van der Waals surface area (Å²) < 4.78 is 7.20. The van der Waals surface area contributed by atoms with Crippen molar-refractivity contribution >= 4 is 11.9 Å². The molecule has 1 aliphatic rings. The van der Waals surface area contributed by atoms with Gasteiger partial charge >= 0.3 is 0 Å². The van der Waals surface area contributed by atoms with E-state index in [1.165, 1.54) is 0 Å². The van der Waals surface area contributed by atoms with Crippen LogP contribution in [-0.4, -0.2) is 22.4 Å². The predicted octanol–water partition coefficient (Wildman–Crippen LogP) is 4.09. The molecule has 4 rings (SSSR count). The fourth-order valence-corrected chi connectivity index (χ4v) is 3.16. The smallest absolute Gasteiger partial charge is 0.189 e. The minimum Gasteiger partial charge on any atom is -0.497 e. The zero-order chi connectivity index (χ0) is 17.2. The van der Waals surface area contributed by atoms with E-state index in [9.17, 15) is 4.79 Å². The number of nitrogens with zero attached hydrogens (tertiary/aromatic N) is 2. The molecular weight excluding hydrogens is 312 g/mol. The monoisotopic (exact) mass is 330 g/mol. The van der Waals surface area contributed by atoms with Gasteiger partial charge in [0.05, 0.1) is 13.4 Å². The molecule has 2 aromatic carbocycles. The van der Waals surface area contributed by atoms with Crippen molar-refractivity contribution in [3.63, 3.8) is 0 Å². The zero-order valence-corrected chi connectivity index (χ0v) is 14.0. The Morgan fingerprint density at radius 3 is 2.68 bits per heavy atom. The fourth-order valence-electron chi connectivity index (χ4n) is 3.16. The number of rotatable bonds is 3. The van der Waals surface area contributed by atoms with Crippen molar-refractivity contribution < 1.29 is 9.53 Å². The Balaban J connectivity index is 1.62. The van der Waals surface area contributed by atoms with Gasteiger partial charge in [0.1, 0.15) is 5.75 Å². The topological polar surface area (TPSA) is 44.1 Å². The number of imidazole rings is 1. The predicted molar refractivity (Wildman–Crippen MR) is 97.2 cm³/mol. The Kier molecular flexibility index (Phi) is 3.94. The van der Waals surface area contributed by atoms with E-state index < -0.39 is 0 Å². The lowest BCUT2D eigenvalue weighted by molar-refractivity contribution is 0.102. The van der Waals surface area contributed by atoms with Crippen LogP contribution in [0.1, 0.15) is 27.9 Å². The summed E-state index contributed by atoms with van der Waals surface area (Å²) >= 11 is 0. The molecule has 0 bridgehead atoms. The van der Waals surface area contributed by atoms with E-state index in [1.807, 2.05) is 59.3 Å². The Labute approximate surface area is 146 Å². The summed E-state index contributed by atoms with van der Waals surface area (Å²) in [5.41, 5.74) is 4.77. The van der Waals surface area contributed by atoms with Crippen molar-refractivity contribution in [2.45, 2.75) is 12.8 Å². The number of carbonyl (C=O) groups excluding carboxylic acids is 1. The number of hydrogen-bond donors (Lipinski definition) is 0. The summed E-state index contributed by atoms with van der Waals surface area (Å²) in [4.78, 5) is 16.9. The van der Waals surface area contributed by atoms with Crippen molar-refractivity contribution in [2.24, 2.45) is 0 Å². The molecule has 1 heterocycles. The summed E-state index contributed by atoms with van der Waals surface area (Å²) in [5, 5.41) is 0. The first kappa shape index (κ1) is 15.4. The molecule has 1 aromatic heterocycles. The van der Waals surface area contributed by atoms with Gasteiger partial charge in [-0.2, -0.15) is 0 Å². The number of Topliss-reactive ketones (excluding diaryl/α,β-unsaturated/α-hetero) is 1. The second-order valence-electron chi connectivity index (χ2n) is 6.08. The van der Waals surface area contributed by atoms with Gasteiger partial charge in [0.15, 0.2) is 5.78 Å². The van der Waals surface area contributed by atoms with Crippen molar-refractivity contribution in [3.05, 3.63) is 83.4 Å². The Morgan fingerprint density at radius 1 is 1.12 bits per heavy atom. The normalized spacial score (nSPS) is 15.2. The lowest BCUT2D eigenvalue weighted by Crippen LogP contribution is -2.14. The van der Waals surface area contributed by atoms with Gasteiger partial charge in [-0.15, -0.1) is 0 Å². The van der Waals surface area contributed by atoms with Crippen LogP contribution in [0, 0.1) is 0 Å². The zero-order valence-electron chi connectivity index (χ0n) is 14.0. The van der Waals surface area contributed by atoms with E-state index >= 15 is 0 Å². The summed E-state index contributed by atoms with van der Waals surface area (Å²) in [6.45, 7) is 0. The second-order valence-corrected chi connectivity index (χ2v) is 6.08. The number of ether oxygens (including phenoxy) is 1. The molecule has 0 spiro atoms. The van der Waals surface area contributed by atoms with Gasteiger partial charge in [0.25, 0.3) is 0 Å². The van der Waals surface area contributed by atoms with Crippen LogP contribution in [0.15, 0.2) is 66.8 Å². The number of methoxy groups -OCH3 is 1. The number of aryl methyl sites for hydroxylation is 1. The van der Waals surface area contributed by atoms with E-state index in [0.717, 1.165) is 46.5 Å². The van der Waals surface area contributed by atoms with Crippen LogP contribution < -0.4 is 4.74 Å². The Bertz CT molecular complexity index is 939. The van der Waals surface area contributed by atoms with E-state index in [-0.39, 0.29) is 5.78 Å². The van der Waals surface area contributed by atoms with Gasteiger partial charge in [0, 0.05) is 29.2 Å². The lowest BCUT2D eigenvalue weighted by Gasteiger charge is -2.18. The SMILES string of the molecule is COc1ccc2c(c1)C(=O)/C(=C/c1ccc(-n3ccnc3)cc1)CC2. The minimum atomic E-state index is 0.0961. The van der Waals surface area contributed by atoms with E-state index in [2.05, 4.69) is 4.98 Å². The standard InChI is InChI=1S/C21H18N2O2/c1-25-19-9-6-16-4-5-17(21(24)20(16)13-19)12-15-2-7-18(8-3-15)23-11-10-22-14-23/h2-3,6-14H,4-5H2,1H3/b17-12+. The van der Waals surface area contributed by atoms with Gasteiger partial charge in [-0.25, -0.2) is 4.98 Å². The van der Waals surface area contributed by atoms with Crippen LogP contribution in [0.4, 0.5) is 0 Å². The van der Waals surface area contributed by atoms with Gasteiger partial charge < -0.3 is 9.30 Å². The molecule has 0 amide bonds. The van der Waals surface area contributed by atoms with Gasteiger partial charge in [-0.1, -0.05) is 18.2 Å². The molecule has 0 fully saturated rings. The summed E-state index contributed by atoms with van der Waals surface area (Å²) in [6.07, 6.45) is 9.06. The molecule has 1 aliphatic carbocycles. The quantitative estimate of drug-likeness (QED) is 0.679. The van der Waals surface area contributed by atoms with Crippen LogP contribution in [0.3, 0.4) is 0 Å². The highest BCUT2D eigenvalue weighted by atomic mass is 16.5. The first-order valence-electron chi connectivity index (χ1n) is 8.25. The average Bonchev–Trinajstić information content (AvgIpc) is 3.19. The van der Waals surface area contributed by atoms with Crippen LogP contribution in [-0.2, 0) is 6.42 Å². The van der Waals surface area contributed by atoms with Crippen LogP contribution in [0.5, 0.6) is 5.75 Å². The number of carbonyl (C=O) groups is 1. The Morgan fingerprint density at radius 2 is 1.96 bits per heavy atom. The molecule has 3 aromatic rings. The molecular formula is C21H18N2O2. The lowest BCUT2D eigenvalue weighted by atomic mass is 9.86. The average molecular weight is 330 g/mol. The number of benzene rings is 2. The maximum absolute atomic E-state index is 12.8. The first-order chi connectivity index (χ1) is 12.2. The summed E-state index contributed by atoms with van der Waals surface area (Å²) in [7, 11) is 1.62. The summed E-state index contributed by atoms with van der Waals surface area (Å²) in [5.74, 6) is 0.817. The molecule has 124 valence electrons. The second kappa shape index (κ2) is 6.40. The maximum atomic E-state index is 12.8. The Hall–Kier alpha value is -3.14. The third kappa shape index (κ3) is 2.98. The molecule has 0 unspecified atom stereocenters. The fraction of sp³-hybridized carbons (Fsp3) is 0.143. The summed E-state index contributed by atoms with van der Waals surface area (Å²) in [6, 6.07) is 13.8. The van der Waals surface area contributed by atoms with E-state index in [1.54, 1.807) is 19.6 Å². The molecule has 0 aliphatic heterocycles. The molecule has 0 saturated heterocycles. The molecule has 0 radical (unpaired) electrons. The highest BCUT2D eigenvalue weighted by molar-refractivity contribution is 6.13. The first-order valence-corrected chi connectivity index (χ1v) is 8.25. The number of ketones is 1. The van der Waals surface area contributed by atoms with Gasteiger partial charge in [-0.3, -0.25) is 4.79 Å². The van der Waals surface area contributed by atoms with Crippen molar-refractivity contribution in [2.75, 3.05) is 7.11 Å². The van der Waals surface area contributed by atoms with Crippen molar-refractivity contribution in [1.29, 1.82) is 0 Å². The van der Waals surface area contributed by atoms with Crippen LogP contribution in [0.25, 0.3) is 11.8 Å². The largest absolute Gasteiger partial charge is 0.497 e. The molecule has 4 heteroatoms. The molecule has 0 saturated carbocycles.